The molecule has 3 aromatic heterocycles. The number of para-hydroxylation sites is 1. The Balaban J connectivity index is 1.20. The van der Waals surface area contributed by atoms with E-state index in [9.17, 15) is 4.79 Å². The third-order valence-corrected chi connectivity index (χ3v) is 7.07. The molecule has 1 aliphatic rings. The standard InChI is InChI=1S/C21H19N5O2S2/c27-18(13-29-21-25-24-19(28-21)14-5-3-9-22-11-14)26-10-4-6-15(12-26)20-23-16-7-1-2-8-17(16)30-20/h1-3,5,7-9,11,15H,4,6,10,12-13H2/t15-/m0/s1. The molecule has 1 atom stereocenters. The fraction of sp³-hybridized carbons (Fsp3) is 0.286. The number of piperidine rings is 1. The van der Waals surface area contributed by atoms with E-state index in [1.165, 1.54) is 16.5 Å². The monoisotopic (exact) mass is 437 g/mol. The summed E-state index contributed by atoms with van der Waals surface area (Å²) >= 11 is 3.01. The van der Waals surface area contributed by atoms with Crippen LogP contribution in [0.15, 0.2) is 58.4 Å². The molecule has 1 aliphatic heterocycles. The Morgan fingerprint density at radius 1 is 1.23 bits per heavy atom. The normalized spacial score (nSPS) is 16.8. The first kappa shape index (κ1) is 19.2. The van der Waals surface area contributed by atoms with Gasteiger partial charge in [0, 0.05) is 31.4 Å². The number of thiazole rings is 1. The molecule has 30 heavy (non-hydrogen) atoms. The molecular weight excluding hydrogens is 418 g/mol. The first-order valence-corrected chi connectivity index (χ1v) is 11.6. The molecule has 0 bridgehead atoms. The maximum absolute atomic E-state index is 12.8. The highest BCUT2D eigenvalue weighted by atomic mass is 32.2. The maximum atomic E-state index is 12.8. The lowest BCUT2D eigenvalue weighted by Crippen LogP contribution is -2.40. The lowest BCUT2D eigenvalue weighted by molar-refractivity contribution is -0.129. The number of rotatable bonds is 5. The van der Waals surface area contributed by atoms with Gasteiger partial charge in [0.05, 0.1) is 26.5 Å². The van der Waals surface area contributed by atoms with E-state index in [0.29, 0.717) is 23.6 Å². The van der Waals surface area contributed by atoms with Crippen LogP contribution in [0.2, 0.25) is 0 Å². The molecule has 7 nitrogen and oxygen atoms in total. The minimum atomic E-state index is 0.0898. The van der Waals surface area contributed by atoms with Gasteiger partial charge in [-0.1, -0.05) is 23.9 Å². The molecule has 1 saturated heterocycles. The molecule has 152 valence electrons. The highest BCUT2D eigenvalue weighted by Gasteiger charge is 2.27. The molecule has 9 heteroatoms. The molecular formula is C21H19N5O2S2. The molecule has 0 saturated carbocycles. The molecule has 0 unspecified atom stereocenters. The van der Waals surface area contributed by atoms with E-state index >= 15 is 0 Å². The number of carbonyl (C=O) groups is 1. The molecule has 0 N–H and O–H groups in total. The third kappa shape index (κ3) is 4.08. The third-order valence-electron chi connectivity index (χ3n) is 5.07. The Labute approximate surface area is 181 Å². The molecule has 0 spiro atoms. The number of hydrogen-bond donors (Lipinski definition) is 0. The van der Waals surface area contributed by atoms with Crippen LogP contribution < -0.4 is 0 Å². The number of amides is 1. The molecule has 4 aromatic rings. The van der Waals surface area contributed by atoms with Crippen molar-refractivity contribution in [1.82, 2.24) is 25.1 Å². The minimum absolute atomic E-state index is 0.0898. The summed E-state index contributed by atoms with van der Waals surface area (Å²) in [5, 5.41) is 9.59. The van der Waals surface area contributed by atoms with Gasteiger partial charge in [0.25, 0.3) is 5.22 Å². The summed E-state index contributed by atoms with van der Waals surface area (Å²) in [6, 6.07) is 11.9. The Morgan fingerprint density at radius 2 is 2.17 bits per heavy atom. The van der Waals surface area contributed by atoms with Crippen molar-refractivity contribution in [2.45, 2.75) is 24.0 Å². The summed E-state index contributed by atoms with van der Waals surface area (Å²) in [5.74, 6) is 1.07. The number of aromatic nitrogens is 4. The zero-order valence-electron chi connectivity index (χ0n) is 16.1. The van der Waals surface area contributed by atoms with Crippen molar-refractivity contribution in [3.8, 4) is 11.5 Å². The van der Waals surface area contributed by atoms with Gasteiger partial charge in [-0.3, -0.25) is 9.78 Å². The Morgan fingerprint density at radius 3 is 3.03 bits per heavy atom. The van der Waals surface area contributed by atoms with E-state index in [2.05, 4.69) is 21.2 Å². The smallest absolute Gasteiger partial charge is 0.277 e. The van der Waals surface area contributed by atoms with E-state index in [-0.39, 0.29) is 11.7 Å². The van der Waals surface area contributed by atoms with Crippen LogP contribution in [0.1, 0.15) is 23.8 Å². The highest BCUT2D eigenvalue weighted by Crippen LogP contribution is 2.33. The van der Waals surface area contributed by atoms with Gasteiger partial charge >= 0.3 is 0 Å². The van der Waals surface area contributed by atoms with Gasteiger partial charge in [0.2, 0.25) is 11.8 Å². The second kappa shape index (κ2) is 8.53. The van der Waals surface area contributed by atoms with E-state index < -0.39 is 0 Å². The van der Waals surface area contributed by atoms with Crippen LogP contribution >= 0.6 is 23.1 Å². The molecule has 0 radical (unpaired) electrons. The van der Waals surface area contributed by atoms with Crippen molar-refractivity contribution in [3.63, 3.8) is 0 Å². The van der Waals surface area contributed by atoms with Crippen LogP contribution in [0, 0.1) is 0 Å². The van der Waals surface area contributed by atoms with Crippen LogP contribution in [-0.4, -0.2) is 49.8 Å². The topological polar surface area (TPSA) is 85.0 Å². The fourth-order valence-corrected chi connectivity index (χ4v) is 5.32. The van der Waals surface area contributed by atoms with Gasteiger partial charge in [-0.2, -0.15) is 0 Å². The number of nitrogens with zero attached hydrogens (tertiary/aromatic N) is 5. The number of likely N-dealkylation sites (tertiary alicyclic amines) is 1. The number of hydrogen-bond acceptors (Lipinski definition) is 8. The van der Waals surface area contributed by atoms with Crippen molar-refractivity contribution in [2.24, 2.45) is 0 Å². The lowest BCUT2D eigenvalue weighted by atomic mass is 9.99. The van der Waals surface area contributed by atoms with Crippen LogP contribution in [-0.2, 0) is 4.79 Å². The Hall–Kier alpha value is -2.78. The zero-order chi connectivity index (χ0) is 20.3. The Kier molecular flexibility index (Phi) is 5.46. The number of fused-ring (bicyclic) bond motifs is 1. The Bertz CT molecular complexity index is 1130. The van der Waals surface area contributed by atoms with Crippen molar-refractivity contribution < 1.29 is 9.21 Å². The van der Waals surface area contributed by atoms with E-state index in [0.717, 1.165) is 35.5 Å². The van der Waals surface area contributed by atoms with Crippen molar-refractivity contribution >= 4 is 39.2 Å². The minimum Gasteiger partial charge on any atom is -0.411 e. The highest BCUT2D eigenvalue weighted by molar-refractivity contribution is 7.99. The predicted molar refractivity (Wildman–Crippen MR) is 116 cm³/mol. The predicted octanol–water partition coefficient (Wildman–Crippen LogP) is 4.24. The molecule has 0 aliphatic carbocycles. The lowest BCUT2D eigenvalue weighted by Gasteiger charge is -2.31. The first-order chi connectivity index (χ1) is 14.8. The summed E-state index contributed by atoms with van der Waals surface area (Å²) in [7, 11) is 0. The molecule has 1 fully saturated rings. The van der Waals surface area contributed by atoms with Crippen molar-refractivity contribution in [1.29, 1.82) is 0 Å². The summed E-state index contributed by atoms with van der Waals surface area (Å²) < 4.78 is 6.85. The molecule has 4 heterocycles. The quantitative estimate of drug-likeness (QED) is 0.432. The maximum Gasteiger partial charge on any atom is 0.277 e. The molecule has 1 amide bonds. The van der Waals surface area contributed by atoms with Crippen molar-refractivity contribution in [2.75, 3.05) is 18.8 Å². The van der Waals surface area contributed by atoms with Gasteiger partial charge < -0.3 is 9.32 Å². The van der Waals surface area contributed by atoms with Crippen LogP contribution in [0.5, 0.6) is 0 Å². The van der Waals surface area contributed by atoms with Crippen molar-refractivity contribution in [3.05, 3.63) is 53.8 Å². The number of thioether (sulfide) groups is 1. The second-order valence-corrected chi connectivity index (χ2v) is 9.09. The van der Waals surface area contributed by atoms with E-state index in [1.807, 2.05) is 35.2 Å². The van der Waals surface area contributed by atoms with E-state index in [1.54, 1.807) is 23.7 Å². The second-order valence-electron chi connectivity index (χ2n) is 7.10. The number of carbonyl (C=O) groups excluding carboxylic acids is 1. The largest absolute Gasteiger partial charge is 0.411 e. The number of benzene rings is 1. The number of pyridine rings is 1. The van der Waals surface area contributed by atoms with Crippen LogP contribution in [0.4, 0.5) is 0 Å². The summed E-state index contributed by atoms with van der Waals surface area (Å²) in [6.07, 6.45) is 5.41. The summed E-state index contributed by atoms with van der Waals surface area (Å²) in [6.45, 7) is 1.50. The zero-order valence-corrected chi connectivity index (χ0v) is 17.7. The van der Waals surface area contributed by atoms with E-state index in [4.69, 9.17) is 9.40 Å². The summed E-state index contributed by atoms with van der Waals surface area (Å²) in [4.78, 5) is 23.6. The van der Waals surface area contributed by atoms with Gasteiger partial charge in [0.15, 0.2) is 0 Å². The van der Waals surface area contributed by atoms with Gasteiger partial charge in [0.1, 0.15) is 0 Å². The fourth-order valence-electron chi connectivity index (χ4n) is 3.56. The van der Waals surface area contributed by atoms with Gasteiger partial charge in [-0.25, -0.2) is 4.98 Å². The van der Waals surface area contributed by atoms with Crippen LogP contribution in [0.25, 0.3) is 21.7 Å². The average molecular weight is 438 g/mol. The van der Waals surface area contributed by atoms with Gasteiger partial charge in [-0.15, -0.1) is 21.5 Å². The average Bonchev–Trinajstić information content (AvgIpc) is 3.45. The SMILES string of the molecule is O=C(CSc1nnc(-c2cccnc2)o1)N1CCC[C@H](c2nc3ccccc3s2)C1. The van der Waals surface area contributed by atoms with Crippen LogP contribution in [0.3, 0.4) is 0 Å². The molecule has 5 rings (SSSR count). The molecule has 1 aromatic carbocycles. The summed E-state index contributed by atoms with van der Waals surface area (Å²) in [5.41, 5.74) is 1.80. The first-order valence-electron chi connectivity index (χ1n) is 9.76. The van der Waals surface area contributed by atoms with Gasteiger partial charge in [-0.05, 0) is 37.1 Å².